The van der Waals surface area contributed by atoms with Gasteiger partial charge in [0.2, 0.25) is 5.91 Å². The molecule has 4 aromatic rings. The van der Waals surface area contributed by atoms with Crippen molar-refractivity contribution < 1.29 is 23.9 Å². The summed E-state index contributed by atoms with van der Waals surface area (Å²) in [5, 5.41) is 2.72. The average molecular weight is 509 g/mol. The number of nitrogens with two attached hydrogens (primary N) is 1. The third-order valence-electron chi connectivity index (χ3n) is 5.73. The van der Waals surface area contributed by atoms with E-state index in [2.05, 4.69) is 5.32 Å². The summed E-state index contributed by atoms with van der Waals surface area (Å²) in [6.45, 7) is 0.123. The molecule has 4 rings (SSSR count). The van der Waals surface area contributed by atoms with Crippen molar-refractivity contribution in [1.82, 2.24) is 0 Å². The number of rotatable bonds is 10. The first kappa shape index (κ1) is 26.3. The first-order valence-electron chi connectivity index (χ1n) is 12.2. The molecule has 0 bridgehead atoms. The minimum Gasteiger partial charge on any atom is -0.457 e. The van der Waals surface area contributed by atoms with Gasteiger partial charge in [-0.3, -0.25) is 4.79 Å². The molecule has 1 unspecified atom stereocenters. The first-order valence-corrected chi connectivity index (χ1v) is 12.2. The lowest BCUT2D eigenvalue weighted by Crippen LogP contribution is -2.37. The molecule has 1 atom stereocenters. The van der Waals surface area contributed by atoms with Gasteiger partial charge in [0.1, 0.15) is 13.2 Å². The SMILES string of the molecule is NC(Cc1ccccc1)C(=O)Nc1cc(C(=O)OCc2ccccc2)cc(C(=O)OCc2ccccc2)c1. The Labute approximate surface area is 221 Å². The van der Waals surface area contributed by atoms with E-state index in [1.807, 2.05) is 91.0 Å². The third kappa shape index (κ3) is 7.62. The molecule has 0 aromatic heterocycles. The zero-order valence-electron chi connectivity index (χ0n) is 20.7. The summed E-state index contributed by atoms with van der Waals surface area (Å²) in [5.74, 6) is -1.74. The molecule has 192 valence electrons. The molecule has 1 amide bonds. The summed E-state index contributed by atoms with van der Waals surface area (Å²) in [5.41, 5.74) is 9.11. The summed E-state index contributed by atoms with van der Waals surface area (Å²) in [6, 6.07) is 31.3. The molecule has 0 fully saturated rings. The standard InChI is InChI=1S/C31H28N2O5/c32-28(16-22-10-4-1-5-11-22)29(34)33-27-18-25(30(35)37-20-23-12-6-2-7-13-23)17-26(19-27)31(36)38-21-24-14-8-3-9-15-24/h1-15,17-19,28H,16,20-21,32H2,(H,33,34). The molecule has 0 radical (unpaired) electrons. The van der Waals surface area contributed by atoms with Crippen molar-refractivity contribution in [2.24, 2.45) is 5.73 Å². The van der Waals surface area contributed by atoms with Crippen LogP contribution in [0.1, 0.15) is 37.4 Å². The monoisotopic (exact) mass is 508 g/mol. The summed E-state index contributed by atoms with van der Waals surface area (Å²) in [4.78, 5) is 38.6. The second-order valence-electron chi connectivity index (χ2n) is 8.71. The van der Waals surface area contributed by atoms with Crippen LogP contribution in [0.25, 0.3) is 0 Å². The zero-order chi connectivity index (χ0) is 26.7. The Bertz CT molecular complexity index is 1300. The van der Waals surface area contributed by atoms with Crippen molar-refractivity contribution in [3.05, 3.63) is 137 Å². The fourth-order valence-electron chi connectivity index (χ4n) is 3.74. The van der Waals surface area contributed by atoms with E-state index >= 15 is 0 Å². The number of ether oxygens (including phenoxy) is 2. The summed E-state index contributed by atoms with van der Waals surface area (Å²) in [6.07, 6.45) is 0.331. The average Bonchev–Trinajstić information content (AvgIpc) is 2.96. The number of nitrogens with one attached hydrogen (secondary N) is 1. The molecule has 0 spiro atoms. The lowest BCUT2D eigenvalue weighted by atomic mass is 10.1. The van der Waals surface area contributed by atoms with Gasteiger partial charge in [0.05, 0.1) is 17.2 Å². The summed E-state index contributed by atoms with van der Waals surface area (Å²) in [7, 11) is 0. The number of anilines is 1. The molecule has 3 N–H and O–H groups in total. The van der Waals surface area contributed by atoms with Crippen LogP contribution in [0.2, 0.25) is 0 Å². The number of hydrogen-bond acceptors (Lipinski definition) is 6. The van der Waals surface area contributed by atoms with Crippen LogP contribution in [0.5, 0.6) is 0 Å². The lowest BCUT2D eigenvalue weighted by molar-refractivity contribution is -0.117. The molecule has 38 heavy (non-hydrogen) atoms. The van der Waals surface area contributed by atoms with E-state index in [1.165, 1.54) is 18.2 Å². The second-order valence-corrected chi connectivity index (χ2v) is 8.71. The Morgan fingerprint density at radius 2 is 1.05 bits per heavy atom. The van der Waals surface area contributed by atoms with Crippen molar-refractivity contribution in [1.29, 1.82) is 0 Å². The molecule has 0 aliphatic heterocycles. The van der Waals surface area contributed by atoms with E-state index in [0.29, 0.717) is 6.42 Å². The largest absolute Gasteiger partial charge is 0.457 e. The van der Waals surface area contributed by atoms with Crippen LogP contribution in [0.15, 0.2) is 109 Å². The Balaban J connectivity index is 1.51. The maximum absolute atomic E-state index is 12.9. The first-order chi connectivity index (χ1) is 18.5. The van der Waals surface area contributed by atoms with Gasteiger partial charge in [-0.25, -0.2) is 9.59 Å². The maximum atomic E-state index is 12.9. The summed E-state index contributed by atoms with van der Waals surface area (Å²) >= 11 is 0. The highest BCUT2D eigenvalue weighted by Gasteiger charge is 2.19. The molecule has 0 aliphatic carbocycles. The van der Waals surface area contributed by atoms with Crippen LogP contribution in [0, 0.1) is 0 Å². The number of benzene rings is 4. The maximum Gasteiger partial charge on any atom is 0.338 e. The predicted octanol–water partition coefficient (Wildman–Crippen LogP) is 4.91. The van der Waals surface area contributed by atoms with Crippen LogP contribution >= 0.6 is 0 Å². The van der Waals surface area contributed by atoms with E-state index in [0.717, 1.165) is 16.7 Å². The zero-order valence-corrected chi connectivity index (χ0v) is 20.7. The van der Waals surface area contributed by atoms with E-state index in [-0.39, 0.29) is 30.0 Å². The van der Waals surface area contributed by atoms with Crippen molar-refractivity contribution in [2.45, 2.75) is 25.7 Å². The van der Waals surface area contributed by atoms with E-state index in [4.69, 9.17) is 15.2 Å². The fourth-order valence-corrected chi connectivity index (χ4v) is 3.74. The molecule has 4 aromatic carbocycles. The van der Waals surface area contributed by atoms with Gasteiger partial charge in [-0.2, -0.15) is 0 Å². The number of carbonyl (C=O) groups excluding carboxylic acids is 3. The van der Waals surface area contributed by atoms with Crippen LogP contribution in [-0.4, -0.2) is 23.9 Å². The number of esters is 2. The Kier molecular flexibility index (Phi) is 8.99. The molecule has 7 nitrogen and oxygen atoms in total. The van der Waals surface area contributed by atoms with Crippen molar-refractivity contribution in [3.8, 4) is 0 Å². The minimum atomic E-state index is -0.834. The molecule has 0 heterocycles. The molecule has 0 saturated heterocycles. The number of amides is 1. The Morgan fingerprint density at radius 1 is 0.632 bits per heavy atom. The van der Waals surface area contributed by atoms with E-state index < -0.39 is 23.9 Å². The van der Waals surface area contributed by atoms with Crippen LogP contribution in [-0.2, 0) is 33.9 Å². The quantitative estimate of drug-likeness (QED) is 0.295. The van der Waals surface area contributed by atoms with Gasteiger partial charge >= 0.3 is 11.9 Å². The lowest BCUT2D eigenvalue weighted by Gasteiger charge is -2.14. The molecular weight excluding hydrogens is 480 g/mol. The van der Waals surface area contributed by atoms with Crippen LogP contribution < -0.4 is 11.1 Å². The van der Waals surface area contributed by atoms with Crippen LogP contribution in [0.3, 0.4) is 0 Å². The number of hydrogen-bond donors (Lipinski definition) is 2. The van der Waals surface area contributed by atoms with Crippen molar-refractivity contribution in [3.63, 3.8) is 0 Å². The Morgan fingerprint density at radius 3 is 1.50 bits per heavy atom. The highest BCUT2D eigenvalue weighted by molar-refractivity contribution is 6.00. The fraction of sp³-hybridized carbons (Fsp3) is 0.129. The van der Waals surface area contributed by atoms with E-state index in [1.54, 1.807) is 0 Å². The van der Waals surface area contributed by atoms with Gasteiger partial charge in [0.25, 0.3) is 0 Å². The Hall–Kier alpha value is -4.75. The van der Waals surface area contributed by atoms with Crippen LogP contribution in [0.4, 0.5) is 5.69 Å². The van der Waals surface area contributed by atoms with E-state index in [9.17, 15) is 14.4 Å². The normalized spacial score (nSPS) is 11.3. The van der Waals surface area contributed by atoms with Gasteiger partial charge in [-0.15, -0.1) is 0 Å². The van der Waals surface area contributed by atoms with Gasteiger partial charge < -0.3 is 20.5 Å². The van der Waals surface area contributed by atoms with Gasteiger partial charge in [0.15, 0.2) is 0 Å². The topological polar surface area (TPSA) is 108 Å². The highest BCUT2D eigenvalue weighted by Crippen LogP contribution is 2.19. The van der Waals surface area contributed by atoms with Crippen molar-refractivity contribution in [2.75, 3.05) is 5.32 Å². The molecule has 7 heteroatoms. The van der Waals surface area contributed by atoms with Crippen molar-refractivity contribution >= 4 is 23.5 Å². The second kappa shape index (κ2) is 13.0. The van der Waals surface area contributed by atoms with Gasteiger partial charge in [0, 0.05) is 5.69 Å². The van der Waals surface area contributed by atoms with Gasteiger partial charge in [-0.05, 0) is 41.3 Å². The smallest absolute Gasteiger partial charge is 0.338 e. The molecule has 0 aliphatic rings. The molecule has 0 saturated carbocycles. The number of carbonyl (C=O) groups is 3. The molecular formula is C31H28N2O5. The third-order valence-corrected chi connectivity index (χ3v) is 5.73. The predicted molar refractivity (Wildman–Crippen MR) is 144 cm³/mol. The highest BCUT2D eigenvalue weighted by atomic mass is 16.5. The summed E-state index contributed by atoms with van der Waals surface area (Å²) < 4.78 is 10.9. The minimum absolute atomic E-state index is 0.0615. The van der Waals surface area contributed by atoms with Gasteiger partial charge in [-0.1, -0.05) is 91.0 Å².